The zero-order valence-electron chi connectivity index (χ0n) is 19.5. The van der Waals surface area contributed by atoms with Crippen LogP contribution >= 0.6 is 0 Å². The van der Waals surface area contributed by atoms with Crippen molar-refractivity contribution in [1.29, 1.82) is 0 Å². The second-order valence-electron chi connectivity index (χ2n) is 9.60. The third-order valence-electron chi connectivity index (χ3n) is 7.29. The summed E-state index contributed by atoms with van der Waals surface area (Å²) in [7, 11) is 0. The van der Waals surface area contributed by atoms with Crippen molar-refractivity contribution in [2.45, 2.75) is 43.7 Å². The number of fused-ring (bicyclic) bond motifs is 3. The van der Waals surface area contributed by atoms with Crippen LogP contribution in [0.2, 0.25) is 0 Å². The van der Waals surface area contributed by atoms with Gasteiger partial charge in [0.15, 0.2) is 0 Å². The maximum Gasteiger partial charge on any atom is 0.407 e. The fourth-order valence-corrected chi connectivity index (χ4v) is 5.52. The molecule has 1 saturated heterocycles. The van der Waals surface area contributed by atoms with E-state index in [-0.39, 0.29) is 43.1 Å². The molecule has 1 heterocycles. The van der Waals surface area contributed by atoms with Crippen LogP contribution in [0.3, 0.4) is 0 Å². The molecule has 2 aliphatic carbocycles. The summed E-state index contributed by atoms with van der Waals surface area (Å²) in [5.41, 5.74) is 4.72. The molecule has 2 fully saturated rings. The summed E-state index contributed by atoms with van der Waals surface area (Å²) in [6.45, 7) is 0.767. The van der Waals surface area contributed by atoms with Gasteiger partial charge in [0, 0.05) is 31.0 Å². The lowest BCUT2D eigenvalue weighted by molar-refractivity contribution is -0.157. The molecule has 0 bridgehead atoms. The van der Waals surface area contributed by atoms with E-state index >= 15 is 0 Å². The Morgan fingerprint density at radius 2 is 1.63 bits per heavy atom. The van der Waals surface area contributed by atoms with Gasteiger partial charge in [-0.25, -0.2) is 9.59 Å². The number of nitrogens with zero attached hydrogens (tertiary/aromatic N) is 1. The predicted octanol–water partition coefficient (Wildman–Crippen LogP) is 3.40. The van der Waals surface area contributed by atoms with Crippen LogP contribution in [0.25, 0.3) is 11.1 Å². The van der Waals surface area contributed by atoms with Crippen molar-refractivity contribution in [3.8, 4) is 11.1 Å². The number of carboxylic acid groups (broad SMARTS) is 1. The van der Waals surface area contributed by atoms with Gasteiger partial charge in [-0.2, -0.15) is 0 Å². The van der Waals surface area contributed by atoms with E-state index in [2.05, 4.69) is 29.6 Å². The lowest BCUT2D eigenvalue weighted by Gasteiger charge is -2.41. The van der Waals surface area contributed by atoms with Crippen molar-refractivity contribution in [2.24, 2.45) is 5.92 Å². The number of carboxylic acids is 1. The molecule has 1 aliphatic heterocycles. The highest BCUT2D eigenvalue weighted by atomic mass is 16.5. The highest BCUT2D eigenvalue weighted by Crippen LogP contribution is 2.44. The number of nitrogens with one attached hydrogen (secondary N) is 1. The Hall–Kier alpha value is -3.39. The van der Waals surface area contributed by atoms with Crippen LogP contribution < -0.4 is 5.32 Å². The quantitative estimate of drug-likeness (QED) is 0.632. The molecule has 2 atom stereocenters. The molecule has 1 saturated carbocycles. The van der Waals surface area contributed by atoms with Crippen molar-refractivity contribution in [2.75, 3.05) is 26.3 Å². The summed E-state index contributed by atoms with van der Waals surface area (Å²) in [6.07, 6.45) is 2.39. The standard InChI is InChI=1S/C27H30N2O6/c30-25(31)16-34-19-13-29(14-19)26(32)17-6-5-7-18(12-17)28-27(33)35-15-24-22-10-3-1-8-20(22)21-9-2-4-11-23(21)24/h1-4,8-11,17-19,24H,5-7,12-16H2,(H,28,33)(H,30,31)/t17-,18+/m1/s1. The second kappa shape index (κ2) is 10.1. The van der Waals surface area contributed by atoms with Gasteiger partial charge in [-0.05, 0) is 41.5 Å². The third-order valence-corrected chi connectivity index (χ3v) is 7.29. The largest absolute Gasteiger partial charge is 0.480 e. The molecule has 184 valence electrons. The minimum atomic E-state index is -1.01. The second-order valence-corrected chi connectivity index (χ2v) is 9.60. The molecular formula is C27H30N2O6. The number of rotatable bonds is 7. The summed E-state index contributed by atoms with van der Waals surface area (Å²) in [5, 5.41) is 11.7. The van der Waals surface area contributed by atoms with E-state index in [1.807, 2.05) is 24.3 Å². The Balaban J connectivity index is 1.11. The average molecular weight is 479 g/mol. The van der Waals surface area contributed by atoms with Gasteiger partial charge in [-0.1, -0.05) is 55.0 Å². The lowest BCUT2D eigenvalue weighted by atomic mass is 9.84. The fourth-order valence-electron chi connectivity index (χ4n) is 5.52. The third kappa shape index (κ3) is 5.03. The van der Waals surface area contributed by atoms with Crippen LogP contribution in [-0.2, 0) is 19.1 Å². The number of ether oxygens (including phenoxy) is 2. The highest BCUT2D eigenvalue weighted by molar-refractivity contribution is 5.80. The molecule has 2 amide bonds. The van der Waals surface area contributed by atoms with E-state index in [1.54, 1.807) is 4.90 Å². The highest BCUT2D eigenvalue weighted by Gasteiger charge is 2.38. The van der Waals surface area contributed by atoms with E-state index in [9.17, 15) is 14.4 Å². The number of carbonyl (C=O) groups is 3. The smallest absolute Gasteiger partial charge is 0.407 e. The van der Waals surface area contributed by atoms with Crippen LogP contribution in [0.5, 0.6) is 0 Å². The molecule has 5 rings (SSSR count). The predicted molar refractivity (Wildman–Crippen MR) is 128 cm³/mol. The first-order valence-corrected chi connectivity index (χ1v) is 12.2. The van der Waals surface area contributed by atoms with Crippen LogP contribution in [-0.4, -0.2) is 66.4 Å². The Kier molecular flexibility index (Phi) is 6.72. The van der Waals surface area contributed by atoms with Crippen LogP contribution in [0.4, 0.5) is 4.79 Å². The van der Waals surface area contributed by atoms with E-state index < -0.39 is 12.1 Å². The Labute approximate surface area is 204 Å². The molecule has 2 N–H and O–H groups in total. The molecule has 0 spiro atoms. The first kappa shape index (κ1) is 23.4. The Morgan fingerprint density at radius 3 is 2.29 bits per heavy atom. The van der Waals surface area contributed by atoms with E-state index in [4.69, 9.17) is 14.6 Å². The summed E-state index contributed by atoms with van der Waals surface area (Å²) >= 11 is 0. The van der Waals surface area contributed by atoms with Crippen molar-refractivity contribution >= 4 is 18.0 Å². The van der Waals surface area contributed by atoms with E-state index in [0.29, 0.717) is 19.5 Å². The van der Waals surface area contributed by atoms with Crippen molar-refractivity contribution in [3.63, 3.8) is 0 Å². The summed E-state index contributed by atoms with van der Waals surface area (Å²) in [5.74, 6) is -1.09. The van der Waals surface area contributed by atoms with E-state index in [1.165, 1.54) is 22.3 Å². The van der Waals surface area contributed by atoms with Crippen molar-refractivity contribution in [1.82, 2.24) is 10.2 Å². The minimum Gasteiger partial charge on any atom is -0.480 e. The van der Waals surface area contributed by atoms with Gasteiger partial charge in [-0.3, -0.25) is 4.79 Å². The topological polar surface area (TPSA) is 105 Å². The summed E-state index contributed by atoms with van der Waals surface area (Å²) < 4.78 is 10.9. The molecule has 35 heavy (non-hydrogen) atoms. The van der Waals surface area contributed by atoms with Gasteiger partial charge >= 0.3 is 12.1 Å². The minimum absolute atomic E-state index is 0.0107. The van der Waals surface area contributed by atoms with Gasteiger partial charge in [0.25, 0.3) is 0 Å². The van der Waals surface area contributed by atoms with Gasteiger partial charge in [0.2, 0.25) is 5.91 Å². The van der Waals surface area contributed by atoms with E-state index in [0.717, 1.165) is 19.3 Å². The number of benzene rings is 2. The molecular weight excluding hydrogens is 448 g/mol. The zero-order valence-corrected chi connectivity index (χ0v) is 19.5. The molecule has 0 unspecified atom stereocenters. The monoisotopic (exact) mass is 478 g/mol. The molecule has 2 aromatic carbocycles. The molecule has 8 heteroatoms. The maximum absolute atomic E-state index is 12.8. The first-order chi connectivity index (χ1) is 17.0. The number of hydrogen-bond donors (Lipinski definition) is 2. The normalized spacial score (nSPS) is 21.5. The fraction of sp³-hybridized carbons (Fsp3) is 0.444. The summed E-state index contributed by atoms with van der Waals surface area (Å²) in [4.78, 5) is 37.8. The Bertz CT molecular complexity index is 1070. The molecule has 2 aromatic rings. The van der Waals surface area contributed by atoms with Gasteiger partial charge in [0.05, 0.1) is 6.10 Å². The van der Waals surface area contributed by atoms with Gasteiger partial charge in [0.1, 0.15) is 13.2 Å². The van der Waals surface area contributed by atoms with Gasteiger partial charge < -0.3 is 24.8 Å². The van der Waals surface area contributed by atoms with Crippen molar-refractivity contribution in [3.05, 3.63) is 59.7 Å². The number of amides is 2. The van der Waals surface area contributed by atoms with Crippen LogP contribution in [0.1, 0.15) is 42.7 Å². The number of carbonyl (C=O) groups excluding carboxylic acids is 2. The molecule has 0 radical (unpaired) electrons. The number of alkyl carbamates (subject to hydrolysis) is 1. The maximum atomic E-state index is 12.8. The van der Waals surface area contributed by atoms with Gasteiger partial charge in [-0.15, -0.1) is 0 Å². The summed E-state index contributed by atoms with van der Waals surface area (Å²) in [6, 6.07) is 16.3. The van der Waals surface area contributed by atoms with Crippen LogP contribution in [0.15, 0.2) is 48.5 Å². The SMILES string of the molecule is O=C(O)COC1CN(C(=O)[C@@H]2CCC[C@H](NC(=O)OCC3c4ccccc4-c4ccccc43)C2)C1. The first-order valence-electron chi connectivity index (χ1n) is 12.2. The number of aliphatic carboxylic acids is 1. The van der Waals surface area contributed by atoms with Crippen molar-refractivity contribution < 1.29 is 29.0 Å². The lowest BCUT2D eigenvalue weighted by Crippen LogP contribution is -2.57. The Morgan fingerprint density at radius 1 is 0.971 bits per heavy atom. The number of hydrogen-bond acceptors (Lipinski definition) is 5. The molecule has 0 aromatic heterocycles. The zero-order chi connectivity index (χ0) is 24.4. The molecule has 8 nitrogen and oxygen atoms in total. The van der Waals surface area contributed by atoms with Crippen LogP contribution in [0, 0.1) is 5.92 Å². The number of likely N-dealkylation sites (tertiary alicyclic amines) is 1. The average Bonchev–Trinajstić information content (AvgIpc) is 3.15. The molecule has 3 aliphatic rings.